The number of aromatic nitrogens is 2. The van der Waals surface area contributed by atoms with Gasteiger partial charge in [-0.2, -0.15) is 5.10 Å². The predicted molar refractivity (Wildman–Crippen MR) is 110 cm³/mol. The number of benzene rings is 2. The van der Waals surface area contributed by atoms with Crippen LogP contribution in [0, 0.1) is 0 Å². The number of carbonyl (C=O) groups is 1. The molecule has 146 valence electrons. The molecule has 6 nitrogen and oxygen atoms in total. The molecule has 29 heavy (non-hydrogen) atoms. The minimum absolute atomic E-state index is 0.0165. The first kappa shape index (κ1) is 19.0. The predicted octanol–water partition coefficient (Wildman–Crippen LogP) is 4.25. The minimum Gasteiger partial charge on any atom is -0.467 e. The molecule has 0 bridgehead atoms. The number of carbonyl (C=O) groups excluding carboxylic acids is 1. The molecule has 0 spiro atoms. The Labute approximate surface area is 172 Å². The van der Waals surface area contributed by atoms with Gasteiger partial charge in [0.05, 0.1) is 24.2 Å². The van der Waals surface area contributed by atoms with Gasteiger partial charge in [0.15, 0.2) is 0 Å². The maximum Gasteiger partial charge on any atom is 0.270 e. The number of hydrogen-bond donors (Lipinski definition) is 2. The maximum atomic E-state index is 12.9. The Hall–Kier alpha value is -3.35. The third-order valence-electron chi connectivity index (χ3n) is 4.41. The molecule has 0 aliphatic heterocycles. The Kier molecular flexibility index (Phi) is 5.46. The van der Waals surface area contributed by atoms with Crippen molar-refractivity contribution in [3.63, 3.8) is 0 Å². The number of para-hydroxylation sites is 1. The van der Waals surface area contributed by atoms with Crippen molar-refractivity contribution >= 4 is 17.5 Å². The van der Waals surface area contributed by atoms with Crippen LogP contribution in [-0.4, -0.2) is 27.3 Å². The molecule has 1 unspecified atom stereocenters. The number of amides is 1. The molecule has 4 aromatic rings. The normalized spacial score (nSPS) is 11.9. The van der Waals surface area contributed by atoms with Crippen LogP contribution in [-0.2, 0) is 0 Å². The molecule has 0 radical (unpaired) electrons. The molecule has 2 aromatic carbocycles. The molecule has 1 amide bonds. The fourth-order valence-electron chi connectivity index (χ4n) is 2.93. The van der Waals surface area contributed by atoms with Crippen molar-refractivity contribution in [2.75, 3.05) is 6.54 Å². The highest BCUT2D eigenvalue weighted by Gasteiger charge is 2.19. The second-order valence-electron chi connectivity index (χ2n) is 6.41. The van der Waals surface area contributed by atoms with Crippen LogP contribution >= 0.6 is 11.6 Å². The zero-order chi connectivity index (χ0) is 20.2. The van der Waals surface area contributed by atoms with Gasteiger partial charge in [0.1, 0.15) is 17.6 Å². The molecule has 0 aliphatic rings. The van der Waals surface area contributed by atoms with Crippen LogP contribution in [0.1, 0.15) is 22.4 Å². The van der Waals surface area contributed by atoms with Crippen molar-refractivity contribution < 1.29 is 14.3 Å². The summed E-state index contributed by atoms with van der Waals surface area (Å²) >= 11 is 5.97. The zero-order valence-electron chi connectivity index (χ0n) is 15.3. The summed E-state index contributed by atoms with van der Waals surface area (Å²) in [4.78, 5) is 12.9. The van der Waals surface area contributed by atoms with Crippen molar-refractivity contribution in [1.29, 1.82) is 0 Å². The van der Waals surface area contributed by atoms with Crippen LogP contribution in [0.4, 0.5) is 0 Å². The molecule has 0 aliphatic carbocycles. The first-order chi connectivity index (χ1) is 14.1. The zero-order valence-corrected chi connectivity index (χ0v) is 16.1. The Morgan fingerprint density at radius 1 is 1.10 bits per heavy atom. The van der Waals surface area contributed by atoms with Gasteiger partial charge < -0.3 is 14.8 Å². The van der Waals surface area contributed by atoms with E-state index >= 15 is 0 Å². The lowest BCUT2D eigenvalue weighted by Gasteiger charge is -2.11. The highest BCUT2D eigenvalue weighted by Crippen LogP contribution is 2.23. The molecular formula is C22H18ClN3O3. The molecule has 2 heterocycles. The van der Waals surface area contributed by atoms with Gasteiger partial charge in [-0.25, -0.2) is 4.68 Å². The number of furan rings is 1. The summed E-state index contributed by atoms with van der Waals surface area (Å²) in [7, 11) is 0. The number of hydrogen-bond acceptors (Lipinski definition) is 4. The summed E-state index contributed by atoms with van der Waals surface area (Å²) in [5, 5.41) is 18.1. The largest absolute Gasteiger partial charge is 0.467 e. The van der Waals surface area contributed by atoms with E-state index in [1.54, 1.807) is 35.0 Å². The quantitative estimate of drug-likeness (QED) is 0.500. The Balaban J connectivity index is 1.63. The summed E-state index contributed by atoms with van der Waals surface area (Å²) < 4.78 is 6.75. The smallest absolute Gasteiger partial charge is 0.270 e. The third kappa shape index (κ3) is 4.23. The average molecular weight is 408 g/mol. The summed E-state index contributed by atoms with van der Waals surface area (Å²) in [5.41, 5.74) is 2.59. The van der Waals surface area contributed by atoms with Gasteiger partial charge in [0, 0.05) is 10.6 Å². The number of nitrogens with zero attached hydrogens (tertiary/aromatic N) is 2. The summed E-state index contributed by atoms with van der Waals surface area (Å²) in [5.74, 6) is 0.0379. The monoisotopic (exact) mass is 407 g/mol. The number of aliphatic hydroxyl groups excluding tert-OH is 1. The molecular weight excluding hydrogens is 390 g/mol. The minimum atomic E-state index is -0.933. The molecule has 0 fully saturated rings. The van der Waals surface area contributed by atoms with Gasteiger partial charge >= 0.3 is 0 Å². The highest BCUT2D eigenvalue weighted by atomic mass is 35.5. The van der Waals surface area contributed by atoms with E-state index in [0.29, 0.717) is 22.2 Å². The van der Waals surface area contributed by atoms with E-state index in [1.165, 1.54) is 6.26 Å². The van der Waals surface area contributed by atoms with Crippen molar-refractivity contribution in [2.24, 2.45) is 0 Å². The lowest BCUT2D eigenvalue weighted by molar-refractivity contribution is 0.0893. The number of rotatable bonds is 6. The molecule has 2 N–H and O–H groups in total. The second-order valence-corrected chi connectivity index (χ2v) is 6.85. The summed E-state index contributed by atoms with van der Waals surface area (Å²) in [6.45, 7) is 0.0165. The SMILES string of the molecule is O=C(NCC(O)c1ccco1)c1cc(-c2ccc(Cl)cc2)nn1-c1ccccc1. The van der Waals surface area contributed by atoms with E-state index in [4.69, 9.17) is 16.0 Å². The van der Waals surface area contributed by atoms with E-state index in [2.05, 4.69) is 10.4 Å². The average Bonchev–Trinajstić information content (AvgIpc) is 3.43. The fourth-order valence-corrected chi connectivity index (χ4v) is 3.06. The first-order valence-corrected chi connectivity index (χ1v) is 9.41. The molecule has 7 heteroatoms. The topological polar surface area (TPSA) is 80.3 Å². The summed E-state index contributed by atoms with van der Waals surface area (Å²) in [6.07, 6.45) is 0.543. The van der Waals surface area contributed by atoms with Gasteiger partial charge in [0.25, 0.3) is 5.91 Å². The molecule has 4 rings (SSSR count). The van der Waals surface area contributed by atoms with Gasteiger partial charge in [-0.1, -0.05) is 41.9 Å². The van der Waals surface area contributed by atoms with Crippen LogP contribution in [0.15, 0.2) is 83.5 Å². The van der Waals surface area contributed by atoms with Gasteiger partial charge in [0.2, 0.25) is 0 Å². The standard InChI is InChI=1S/C22H18ClN3O3/c23-16-10-8-15(9-11-16)18-13-19(26(25-18)17-5-2-1-3-6-17)22(28)24-14-20(27)21-7-4-12-29-21/h1-13,20,27H,14H2,(H,24,28). The number of halogens is 1. The first-order valence-electron chi connectivity index (χ1n) is 9.03. The number of nitrogens with one attached hydrogen (secondary N) is 1. The van der Waals surface area contributed by atoms with Gasteiger partial charge in [-0.3, -0.25) is 4.79 Å². The molecule has 0 saturated heterocycles. The van der Waals surface area contributed by atoms with Crippen LogP contribution < -0.4 is 5.32 Å². The Bertz CT molecular complexity index is 1090. The van der Waals surface area contributed by atoms with E-state index < -0.39 is 6.10 Å². The van der Waals surface area contributed by atoms with Crippen LogP contribution in [0.3, 0.4) is 0 Å². The van der Waals surface area contributed by atoms with Crippen LogP contribution in [0.5, 0.6) is 0 Å². The van der Waals surface area contributed by atoms with Gasteiger partial charge in [-0.05, 0) is 42.5 Å². The highest BCUT2D eigenvalue weighted by molar-refractivity contribution is 6.30. The van der Waals surface area contributed by atoms with E-state index in [9.17, 15) is 9.90 Å². The van der Waals surface area contributed by atoms with Crippen molar-refractivity contribution in [3.8, 4) is 16.9 Å². The van der Waals surface area contributed by atoms with Crippen molar-refractivity contribution in [1.82, 2.24) is 15.1 Å². The van der Waals surface area contributed by atoms with E-state index in [1.807, 2.05) is 42.5 Å². The lowest BCUT2D eigenvalue weighted by Crippen LogP contribution is -2.30. The summed E-state index contributed by atoms with van der Waals surface area (Å²) in [6, 6.07) is 21.7. The maximum absolute atomic E-state index is 12.9. The van der Waals surface area contributed by atoms with Crippen LogP contribution in [0.25, 0.3) is 16.9 Å². The van der Waals surface area contributed by atoms with Crippen molar-refractivity contribution in [3.05, 3.63) is 95.5 Å². The Morgan fingerprint density at radius 2 is 1.86 bits per heavy atom. The third-order valence-corrected chi connectivity index (χ3v) is 4.66. The van der Waals surface area contributed by atoms with E-state index in [-0.39, 0.29) is 12.5 Å². The van der Waals surface area contributed by atoms with Gasteiger partial charge in [-0.15, -0.1) is 0 Å². The molecule has 0 saturated carbocycles. The van der Waals surface area contributed by atoms with Crippen molar-refractivity contribution in [2.45, 2.75) is 6.10 Å². The fraction of sp³-hybridized carbons (Fsp3) is 0.0909. The lowest BCUT2D eigenvalue weighted by atomic mass is 10.1. The second kappa shape index (κ2) is 8.34. The Morgan fingerprint density at radius 3 is 2.55 bits per heavy atom. The molecule has 1 atom stereocenters. The van der Waals surface area contributed by atoms with Crippen LogP contribution in [0.2, 0.25) is 5.02 Å². The molecule has 2 aromatic heterocycles. The number of aliphatic hydroxyl groups is 1. The van der Waals surface area contributed by atoms with E-state index in [0.717, 1.165) is 11.3 Å².